The molecule has 1 heterocycles. The summed E-state index contributed by atoms with van der Waals surface area (Å²) in [6, 6.07) is 0.964. The first-order valence-electron chi connectivity index (χ1n) is 3.19. The predicted molar refractivity (Wildman–Crippen MR) is 39.1 cm³/mol. The highest BCUT2D eigenvalue weighted by Crippen LogP contribution is 2.09. The van der Waals surface area contributed by atoms with E-state index in [-0.39, 0.29) is 5.69 Å². The van der Waals surface area contributed by atoms with Crippen LogP contribution in [0.2, 0.25) is 0 Å². The van der Waals surface area contributed by atoms with Crippen molar-refractivity contribution in [3.8, 4) is 0 Å². The van der Waals surface area contributed by atoms with Crippen molar-refractivity contribution in [2.45, 2.75) is 0 Å². The number of hydrogen-bond acceptors (Lipinski definition) is 5. The van der Waals surface area contributed by atoms with Crippen molar-refractivity contribution >= 4 is 11.7 Å². The number of hydrogen-bond donors (Lipinski definition) is 2. The van der Waals surface area contributed by atoms with E-state index >= 15 is 0 Å². The molecule has 1 rings (SSSR count). The molecule has 0 radical (unpaired) electrons. The van der Waals surface area contributed by atoms with E-state index in [1.165, 1.54) is 12.5 Å². The van der Waals surface area contributed by atoms with E-state index in [2.05, 4.69) is 5.10 Å². The van der Waals surface area contributed by atoms with Crippen LogP contribution in [0.3, 0.4) is 0 Å². The van der Waals surface area contributed by atoms with Gasteiger partial charge >= 0.3 is 5.82 Å². The Morgan fingerprint density at radius 1 is 1.85 bits per heavy atom. The third-order valence-corrected chi connectivity index (χ3v) is 1.39. The van der Waals surface area contributed by atoms with Gasteiger partial charge in [-0.2, -0.15) is 4.68 Å². The number of amides is 1. The van der Waals surface area contributed by atoms with Gasteiger partial charge in [0.15, 0.2) is 5.69 Å². The van der Waals surface area contributed by atoms with Crippen LogP contribution in [-0.4, -0.2) is 25.8 Å². The van der Waals surface area contributed by atoms with E-state index in [0.717, 1.165) is 10.7 Å². The molecule has 0 atom stereocenters. The summed E-state index contributed by atoms with van der Waals surface area (Å²) in [4.78, 5) is 20.3. The molecule has 1 amide bonds. The Kier molecular flexibility index (Phi) is 2.24. The fourth-order valence-corrected chi connectivity index (χ4v) is 0.811. The number of carbonyl (C=O) groups is 1. The Morgan fingerprint density at radius 2 is 2.46 bits per heavy atom. The van der Waals surface area contributed by atoms with Gasteiger partial charge in [0, 0.05) is 0 Å². The Balaban J connectivity index is 3.10. The first kappa shape index (κ1) is 9.13. The molecule has 0 bridgehead atoms. The predicted octanol–water partition coefficient (Wildman–Crippen LogP) is -0.553. The summed E-state index contributed by atoms with van der Waals surface area (Å²) in [5, 5.41) is 21.9. The zero-order chi connectivity index (χ0) is 10.0. The Labute approximate surface area is 71.9 Å². The normalized spacial score (nSPS) is 9.69. The number of hydroxylamine groups is 1. The number of nitrogens with one attached hydrogen (secondary N) is 1. The third-order valence-electron chi connectivity index (χ3n) is 1.39. The van der Waals surface area contributed by atoms with Gasteiger partial charge in [0.2, 0.25) is 0 Å². The minimum atomic E-state index is -0.844. The third kappa shape index (κ3) is 1.62. The largest absolute Gasteiger partial charge is 0.390 e. The monoisotopic (exact) mass is 186 g/mol. The van der Waals surface area contributed by atoms with Crippen molar-refractivity contribution in [1.82, 2.24) is 15.3 Å². The fourth-order valence-electron chi connectivity index (χ4n) is 0.811. The molecule has 8 heteroatoms. The topological polar surface area (TPSA) is 110 Å². The molecule has 0 aliphatic heterocycles. The second kappa shape index (κ2) is 3.19. The minimum absolute atomic E-state index is 0.0887. The first-order valence-corrected chi connectivity index (χ1v) is 3.19. The molecule has 0 aliphatic carbocycles. The van der Waals surface area contributed by atoms with Crippen LogP contribution >= 0.6 is 0 Å². The van der Waals surface area contributed by atoms with E-state index in [1.54, 1.807) is 0 Å². The summed E-state index contributed by atoms with van der Waals surface area (Å²) in [7, 11) is 1.36. The van der Waals surface area contributed by atoms with Gasteiger partial charge in [0.25, 0.3) is 5.91 Å². The second-order valence-corrected chi connectivity index (χ2v) is 2.21. The Hall–Kier alpha value is -1.96. The standard InChI is InChI=1S/C5H6N4O4/c1-8-3(5(10)7-11)2-4(6-8)9(12)13/h2,11H,1H3,(H,7,10). The lowest BCUT2D eigenvalue weighted by atomic mass is 10.4. The molecule has 0 aliphatic rings. The second-order valence-electron chi connectivity index (χ2n) is 2.21. The van der Waals surface area contributed by atoms with Crippen LogP contribution in [0, 0.1) is 10.1 Å². The van der Waals surface area contributed by atoms with Gasteiger partial charge in [-0.05, 0) is 4.92 Å². The van der Waals surface area contributed by atoms with Crippen molar-refractivity contribution in [3.63, 3.8) is 0 Å². The van der Waals surface area contributed by atoms with Gasteiger partial charge in [-0.1, -0.05) is 0 Å². The molecule has 2 N–H and O–H groups in total. The maximum Gasteiger partial charge on any atom is 0.390 e. The number of nitrogens with zero attached hydrogens (tertiary/aromatic N) is 3. The van der Waals surface area contributed by atoms with Crippen molar-refractivity contribution < 1.29 is 14.9 Å². The number of aromatic nitrogens is 2. The zero-order valence-corrected chi connectivity index (χ0v) is 6.59. The van der Waals surface area contributed by atoms with Crippen molar-refractivity contribution in [1.29, 1.82) is 0 Å². The molecule has 13 heavy (non-hydrogen) atoms. The van der Waals surface area contributed by atoms with E-state index in [4.69, 9.17) is 5.21 Å². The van der Waals surface area contributed by atoms with Crippen LogP contribution in [-0.2, 0) is 7.05 Å². The molecule has 0 spiro atoms. The van der Waals surface area contributed by atoms with E-state index < -0.39 is 16.6 Å². The average molecular weight is 186 g/mol. The molecule has 70 valence electrons. The molecular weight excluding hydrogens is 180 g/mol. The highest BCUT2D eigenvalue weighted by atomic mass is 16.6. The van der Waals surface area contributed by atoms with Gasteiger partial charge in [-0.15, -0.1) is 0 Å². The molecule has 1 aromatic heterocycles. The smallest absolute Gasteiger partial charge is 0.358 e. The summed E-state index contributed by atoms with van der Waals surface area (Å²) in [6.45, 7) is 0. The van der Waals surface area contributed by atoms with Crippen molar-refractivity contribution in [2.24, 2.45) is 7.05 Å². The molecule has 8 nitrogen and oxygen atoms in total. The summed E-state index contributed by atoms with van der Waals surface area (Å²) >= 11 is 0. The van der Waals surface area contributed by atoms with Crippen LogP contribution in [0.4, 0.5) is 5.82 Å². The lowest BCUT2D eigenvalue weighted by Gasteiger charge is -1.92. The molecule has 1 aromatic rings. The molecular formula is C5H6N4O4. The average Bonchev–Trinajstić information content (AvgIpc) is 2.46. The number of nitro groups is 1. The number of rotatable bonds is 2. The number of aryl methyl sites for hydroxylation is 1. The highest BCUT2D eigenvalue weighted by molar-refractivity contribution is 5.92. The summed E-state index contributed by atoms with van der Waals surface area (Å²) in [5.41, 5.74) is 1.26. The molecule has 0 saturated heterocycles. The Morgan fingerprint density at radius 3 is 2.85 bits per heavy atom. The van der Waals surface area contributed by atoms with E-state index in [0.29, 0.717) is 0 Å². The summed E-state index contributed by atoms with van der Waals surface area (Å²) in [6.07, 6.45) is 0. The van der Waals surface area contributed by atoms with Gasteiger partial charge in [-0.25, -0.2) is 5.48 Å². The minimum Gasteiger partial charge on any atom is -0.358 e. The van der Waals surface area contributed by atoms with Crippen LogP contribution in [0.1, 0.15) is 10.5 Å². The van der Waals surface area contributed by atoms with E-state index in [1.807, 2.05) is 0 Å². The SMILES string of the molecule is Cn1nc([N+](=O)[O-])cc1C(=O)NO. The van der Waals surface area contributed by atoms with Gasteiger partial charge in [0.1, 0.15) is 0 Å². The molecule has 0 saturated carbocycles. The highest BCUT2D eigenvalue weighted by Gasteiger charge is 2.20. The van der Waals surface area contributed by atoms with Crippen LogP contribution < -0.4 is 5.48 Å². The lowest BCUT2D eigenvalue weighted by molar-refractivity contribution is -0.389. The Bertz CT molecular complexity index is 357. The van der Waals surface area contributed by atoms with Crippen LogP contribution in [0.15, 0.2) is 6.07 Å². The van der Waals surface area contributed by atoms with E-state index in [9.17, 15) is 14.9 Å². The maximum absolute atomic E-state index is 10.8. The van der Waals surface area contributed by atoms with Gasteiger partial charge in [0.05, 0.1) is 18.2 Å². The fraction of sp³-hybridized carbons (Fsp3) is 0.200. The molecule has 0 fully saturated rings. The zero-order valence-electron chi connectivity index (χ0n) is 6.59. The quantitative estimate of drug-likeness (QED) is 0.365. The summed E-state index contributed by atoms with van der Waals surface area (Å²) in [5.74, 6) is -1.29. The van der Waals surface area contributed by atoms with Gasteiger partial charge in [-0.3, -0.25) is 10.0 Å². The lowest BCUT2D eigenvalue weighted by Crippen LogP contribution is -2.21. The van der Waals surface area contributed by atoms with Crippen molar-refractivity contribution in [2.75, 3.05) is 0 Å². The van der Waals surface area contributed by atoms with Crippen molar-refractivity contribution in [3.05, 3.63) is 21.9 Å². The maximum atomic E-state index is 10.8. The van der Waals surface area contributed by atoms with Crippen LogP contribution in [0.5, 0.6) is 0 Å². The first-order chi connectivity index (χ1) is 6.06. The van der Waals surface area contributed by atoms with Gasteiger partial charge < -0.3 is 10.1 Å². The summed E-state index contributed by atoms with van der Waals surface area (Å²) < 4.78 is 1.00. The molecule has 0 aromatic carbocycles. The van der Waals surface area contributed by atoms with Crippen LogP contribution in [0.25, 0.3) is 0 Å². The number of carbonyl (C=O) groups excluding carboxylic acids is 1. The molecule has 0 unspecified atom stereocenters.